The van der Waals surface area contributed by atoms with Crippen molar-refractivity contribution < 1.29 is 19.9 Å². The molecule has 0 aliphatic rings. The lowest BCUT2D eigenvalue weighted by Crippen LogP contribution is -2.08. The molecule has 1 rings (SSSR count). The third-order valence-corrected chi connectivity index (χ3v) is 2.20. The molecule has 1 aromatic heterocycles. The van der Waals surface area contributed by atoms with E-state index in [1.807, 2.05) is 0 Å². The third kappa shape index (κ3) is 3.67. The fraction of sp³-hybridized carbons (Fsp3) is 0.400. The Morgan fingerprint density at radius 1 is 1.50 bits per heavy atom. The van der Waals surface area contributed by atoms with Gasteiger partial charge in [-0.05, 0) is 12.8 Å². The molecule has 0 bridgehead atoms. The van der Waals surface area contributed by atoms with E-state index in [0.29, 0.717) is 19.4 Å². The first kappa shape index (κ1) is 13.8. The highest BCUT2D eigenvalue weighted by Gasteiger charge is 2.20. The van der Waals surface area contributed by atoms with Gasteiger partial charge >= 0.3 is 11.7 Å². The number of nitrogens with one attached hydrogen (secondary N) is 1. The van der Waals surface area contributed by atoms with Crippen molar-refractivity contribution in [2.45, 2.75) is 12.8 Å². The molecule has 1 aromatic rings. The lowest BCUT2D eigenvalue weighted by atomic mass is 10.2. The van der Waals surface area contributed by atoms with Crippen molar-refractivity contribution in [1.82, 2.24) is 4.98 Å². The number of aromatic carboxylic acids is 1. The highest BCUT2D eigenvalue weighted by molar-refractivity contribution is 5.93. The molecule has 0 aliphatic carbocycles. The summed E-state index contributed by atoms with van der Waals surface area (Å²) in [5.41, 5.74) is -0.942. The molecule has 0 saturated carbocycles. The predicted octanol–water partition coefficient (Wildman–Crippen LogP) is 0.872. The van der Waals surface area contributed by atoms with E-state index in [2.05, 4.69) is 10.3 Å². The third-order valence-electron chi connectivity index (χ3n) is 2.20. The number of carboxylic acids is 1. The highest BCUT2D eigenvalue weighted by Crippen LogP contribution is 2.20. The Balaban J connectivity index is 2.80. The second-order valence-electron chi connectivity index (χ2n) is 3.51. The number of hydrogen-bond acceptors (Lipinski definition) is 6. The van der Waals surface area contributed by atoms with Gasteiger partial charge in [-0.1, -0.05) is 0 Å². The summed E-state index contributed by atoms with van der Waals surface area (Å²) >= 11 is 0. The van der Waals surface area contributed by atoms with Crippen LogP contribution in [0.15, 0.2) is 12.3 Å². The topological polar surface area (TPSA) is 126 Å². The Kier molecular flexibility index (Phi) is 5.00. The van der Waals surface area contributed by atoms with E-state index in [1.54, 1.807) is 0 Å². The SMILES string of the molecule is O=C(O)c1cc(NCCCCO)ncc1[N+](=O)[O-]. The number of anilines is 1. The molecule has 3 N–H and O–H groups in total. The number of carboxylic acid groups (broad SMARTS) is 1. The fourth-order valence-corrected chi connectivity index (χ4v) is 1.31. The quantitative estimate of drug-likeness (QED) is 0.375. The van der Waals surface area contributed by atoms with E-state index in [0.717, 1.165) is 12.3 Å². The second-order valence-corrected chi connectivity index (χ2v) is 3.51. The van der Waals surface area contributed by atoms with E-state index in [4.69, 9.17) is 10.2 Å². The molecule has 98 valence electrons. The molecule has 1 heterocycles. The van der Waals surface area contributed by atoms with Crippen molar-refractivity contribution >= 4 is 17.5 Å². The average molecular weight is 255 g/mol. The van der Waals surface area contributed by atoms with Crippen LogP contribution < -0.4 is 5.32 Å². The van der Waals surface area contributed by atoms with E-state index >= 15 is 0 Å². The van der Waals surface area contributed by atoms with Crippen LogP contribution in [-0.4, -0.2) is 39.2 Å². The molecule has 0 fully saturated rings. The summed E-state index contributed by atoms with van der Waals surface area (Å²) in [4.78, 5) is 24.4. The Bertz CT molecular complexity index is 449. The van der Waals surface area contributed by atoms with Crippen molar-refractivity contribution in [1.29, 1.82) is 0 Å². The van der Waals surface area contributed by atoms with Crippen molar-refractivity contribution in [2.75, 3.05) is 18.5 Å². The maximum absolute atomic E-state index is 10.9. The van der Waals surface area contributed by atoms with Crippen molar-refractivity contribution in [3.8, 4) is 0 Å². The summed E-state index contributed by atoms with van der Waals surface area (Å²) < 4.78 is 0. The fourth-order valence-electron chi connectivity index (χ4n) is 1.31. The first-order valence-corrected chi connectivity index (χ1v) is 5.28. The number of aliphatic hydroxyl groups is 1. The summed E-state index contributed by atoms with van der Waals surface area (Å²) in [7, 11) is 0. The predicted molar refractivity (Wildman–Crippen MR) is 62.7 cm³/mol. The van der Waals surface area contributed by atoms with Crippen LogP contribution in [0.2, 0.25) is 0 Å². The number of unbranched alkanes of at least 4 members (excludes halogenated alkanes) is 1. The monoisotopic (exact) mass is 255 g/mol. The number of hydrogen-bond donors (Lipinski definition) is 3. The first-order chi connectivity index (χ1) is 8.56. The molecular weight excluding hydrogens is 242 g/mol. The minimum absolute atomic E-state index is 0.0791. The molecule has 0 atom stereocenters. The van der Waals surface area contributed by atoms with Gasteiger partial charge in [0.25, 0.3) is 0 Å². The summed E-state index contributed by atoms with van der Waals surface area (Å²) in [6.45, 7) is 0.584. The standard InChI is InChI=1S/C10H13N3O5/c14-4-2-1-3-11-9-5-7(10(15)16)8(6-12-9)13(17)18/h5-6,14H,1-4H2,(H,11,12)(H,15,16). The lowest BCUT2D eigenvalue weighted by molar-refractivity contribution is -0.385. The van der Waals surface area contributed by atoms with Gasteiger partial charge in [-0.3, -0.25) is 10.1 Å². The van der Waals surface area contributed by atoms with Gasteiger partial charge in [-0.25, -0.2) is 9.78 Å². The molecule has 18 heavy (non-hydrogen) atoms. The molecule has 8 nitrogen and oxygen atoms in total. The van der Waals surface area contributed by atoms with Gasteiger partial charge in [0.05, 0.1) is 4.92 Å². The summed E-state index contributed by atoms with van der Waals surface area (Å²) in [5.74, 6) is -1.11. The van der Waals surface area contributed by atoms with E-state index in [1.165, 1.54) is 0 Å². The number of nitrogens with zero attached hydrogens (tertiary/aromatic N) is 2. The van der Waals surface area contributed by atoms with Gasteiger partial charge in [0.1, 0.15) is 17.6 Å². The number of aromatic nitrogens is 1. The van der Waals surface area contributed by atoms with Crippen molar-refractivity contribution in [2.24, 2.45) is 0 Å². The normalized spacial score (nSPS) is 10.1. The van der Waals surface area contributed by atoms with Crippen LogP contribution in [0.1, 0.15) is 23.2 Å². The van der Waals surface area contributed by atoms with Crippen molar-refractivity contribution in [3.05, 3.63) is 27.9 Å². The van der Waals surface area contributed by atoms with Crippen LogP contribution in [0.3, 0.4) is 0 Å². The Morgan fingerprint density at radius 2 is 2.22 bits per heavy atom. The molecule has 0 radical (unpaired) electrons. The van der Waals surface area contributed by atoms with Crippen LogP contribution in [0.25, 0.3) is 0 Å². The van der Waals surface area contributed by atoms with Crippen LogP contribution in [-0.2, 0) is 0 Å². The number of rotatable bonds is 7. The van der Waals surface area contributed by atoms with E-state index < -0.39 is 22.1 Å². The largest absolute Gasteiger partial charge is 0.477 e. The zero-order valence-corrected chi connectivity index (χ0v) is 9.50. The van der Waals surface area contributed by atoms with Crippen LogP contribution >= 0.6 is 0 Å². The summed E-state index contributed by atoms with van der Waals surface area (Å²) in [6.07, 6.45) is 2.22. The van der Waals surface area contributed by atoms with E-state index in [-0.39, 0.29) is 12.4 Å². The van der Waals surface area contributed by atoms with Gasteiger partial charge in [-0.2, -0.15) is 0 Å². The van der Waals surface area contributed by atoms with Crippen LogP contribution in [0.4, 0.5) is 11.5 Å². The number of pyridine rings is 1. The van der Waals surface area contributed by atoms with Gasteiger partial charge in [-0.15, -0.1) is 0 Å². The van der Waals surface area contributed by atoms with Gasteiger partial charge < -0.3 is 15.5 Å². The van der Waals surface area contributed by atoms with Gasteiger partial charge in [0.15, 0.2) is 0 Å². The van der Waals surface area contributed by atoms with Crippen LogP contribution in [0.5, 0.6) is 0 Å². The molecule has 0 saturated heterocycles. The number of nitro groups is 1. The zero-order valence-electron chi connectivity index (χ0n) is 9.50. The first-order valence-electron chi connectivity index (χ1n) is 5.28. The molecule has 0 aliphatic heterocycles. The summed E-state index contributed by atoms with van der Waals surface area (Å²) in [6, 6.07) is 1.12. The summed E-state index contributed by atoms with van der Waals surface area (Å²) in [5, 5.41) is 30.9. The minimum Gasteiger partial charge on any atom is -0.477 e. The molecular formula is C10H13N3O5. The smallest absolute Gasteiger partial charge is 0.342 e. The van der Waals surface area contributed by atoms with Gasteiger partial charge in [0, 0.05) is 19.2 Å². The van der Waals surface area contributed by atoms with E-state index in [9.17, 15) is 14.9 Å². The molecule has 0 unspecified atom stereocenters. The number of carbonyl (C=O) groups is 1. The average Bonchev–Trinajstić information content (AvgIpc) is 2.34. The molecule has 0 aromatic carbocycles. The lowest BCUT2D eigenvalue weighted by Gasteiger charge is -2.05. The second kappa shape index (κ2) is 6.50. The Hall–Kier alpha value is -2.22. The zero-order chi connectivity index (χ0) is 13.5. The van der Waals surface area contributed by atoms with Gasteiger partial charge in [0.2, 0.25) is 0 Å². The molecule has 0 spiro atoms. The molecule has 8 heteroatoms. The maximum Gasteiger partial charge on any atom is 0.342 e. The van der Waals surface area contributed by atoms with Crippen LogP contribution in [0, 0.1) is 10.1 Å². The maximum atomic E-state index is 10.9. The Morgan fingerprint density at radius 3 is 2.78 bits per heavy atom. The number of aliphatic hydroxyl groups excluding tert-OH is 1. The minimum atomic E-state index is -1.37. The molecule has 0 amide bonds. The van der Waals surface area contributed by atoms with Crippen molar-refractivity contribution in [3.63, 3.8) is 0 Å². The highest BCUT2D eigenvalue weighted by atomic mass is 16.6. The Labute approximate surface area is 102 Å².